The van der Waals surface area contributed by atoms with Gasteiger partial charge in [0.2, 0.25) is 0 Å². The number of hydrogen-bond acceptors (Lipinski definition) is 2. The van der Waals surface area contributed by atoms with Crippen molar-refractivity contribution >= 4 is 51.5 Å². The third-order valence-electron chi connectivity index (χ3n) is 3.20. The molecule has 0 fully saturated rings. The first kappa shape index (κ1) is 19.2. The Kier molecular flexibility index (Phi) is 8.77. The minimum absolute atomic E-state index is 0. The van der Waals surface area contributed by atoms with Gasteiger partial charge < -0.3 is 15.0 Å². The molecule has 0 spiro atoms. The third kappa shape index (κ3) is 5.75. The van der Waals surface area contributed by atoms with Gasteiger partial charge in [0, 0.05) is 30.5 Å². The summed E-state index contributed by atoms with van der Waals surface area (Å²) in [6, 6.07) is 3.99. The van der Waals surface area contributed by atoms with Crippen LogP contribution in [0.4, 0.5) is 0 Å². The number of pyridine rings is 1. The molecule has 2 aromatic rings. The average molecular weight is 480 g/mol. The molecule has 0 saturated heterocycles. The number of aliphatic imine (C=N–C) groups is 1. The molecule has 2 aromatic heterocycles. The first-order valence-electron chi connectivity index (χ1n) is 7.30. The second-order valence-electron chi connectivity index (χ2n) is 4.90. The Hall–Kier alpha value is -0.830. The highest BCUT2D eigenvalue weighted by Gasteiger charge is 2.03. The number of rotatable bonds is 6. The van der Waals surface area contributed by atoms with E-state index in [2.05, 4.69) is 43.5 Å². The van der Waals surface area contributed by atoms with Crippen molar-refractivity contribution in [2.24, 2.45) is 4.99 Å². The molecule has 2 heterocycles. The second kappa shape index (κ2) is 10.0. The molecule has 0 amide bonds. The van der Waals surface area contributed by atoms with Gasteiger partial charge in [0.1, 0.15) is 5.65 Å². The van der Waals surface area contributed by atoms with Crippen molar-refractivity contribution in [3.8, 4) is 0 Å². The molecular formula is C15H23BrIN5. The molecule has 0 aliphatic carbocycles. The van der Waals surface area contributed by atoms with E-state index in [-0.39, 0.29) is 24.0 Å². The monoisotopic (exact) mass is 479 g/mol. The van der Waals surface area contributed by atoms with Crippen LogP contribution in [0.3, 0.4) is 0 Å². The van der Waals surface area contributed by atoms with Gasteiger partial charge >= 0.3 is 0 Å². The Morgan fingerprint density at radius 2 is 2.09 bits per heavy atom. The number of aromatic nitrogens is 2. The molecule has 0 aliphatic heterocycles. The van der Waals surface area contributed by atoms with Gasteiger partial charge in [0.25, 0.3) is 0 Å². The molecule has 0 bridgehead atoms. The SMILES string of the molecule is CCCCCNC(=NC)NCc1cn2cc(Br)ccc2n1.I. The summed E-state index contributed by atoms with van der Waals surface area (Å²) in [6.45, 7) is 3.81. The summed E-state index contributed by atoms with van der Waals surface area (Å²) in [5.41, 5.74) is 1.94. The zero-order valence-corrected chi connectivity index (χ0v) is 16.9. The number of imidazole rings is 1. The summed E-state index contributed by atoms with van der Waals surface area (Å²) in [5, 5.41) is 6.60. The fourth-order valence-electron chi connectivity index (χ4n) is 2.08. The third-order valence-corrected chi connectivity index (χ3v) is 3.67. The number of guanidine groups is 1. The zero-order chi connectivity index (χ0) is 15.1. The second-order valence-corrected chi connectivity index (χ2v) is 5.82. The summed E-state index contributed by atoms with van der Waals surface area (Å²) in [6.07, 6.45) is 7.66. The zero-order valence-electron chi connectivity index (χ0n) is 13.0. The Balaban J connectivity index is 0.00000242. The van der Waals surface area contributed by atoms with Gasteiger partial charge in [0.15, 0.2) is 5.96 Å². The molecule has 0 saturated carbocycles. The van der Waals surface area contributed by atoms with Crippen molar-refractivity contribution in [3.05, 3.63) is 34.7 Å². The summed E-state index contributed by atoms with van der Waals surface area (Å²) in [7, 11) is 1.79. The van der Waals surface area contributed by atoms with Gasteiger partial charge in [-0.15, -0.1) is 24.0 Å². The molecule has 2 N–H and O–H groups in total. The van der Waals surface area contributed by atoms with Crippen molar-refractivity contribution in [2.45, 2.75) is 32.7 Å². The minimum atomic E-state index is 0. The lowest BCUT2D eigenvalue weighted by Gasteiger charge is -2.10. The first-order chi connectivity index (χ1) is 10.2. The summed E-state index contributed by atoms with van der Waals surface area (Å²) >= 11 is 3.46. The fraction of sp³-hybridized carbons (Fsp3) is 0.467. The summed E-state index contributed by atoms with van der Waals surface area (Å²) < 4.78 is 3.05. The van der Waals surface area contributed by atoms with E-state index in [1.165, 1.54) is 19.3 Å². The van der Waals surface area contributed by atoms with Crippen molar-refractivity contribution in [1.29, 1.82) is 0 Å². The van der Waals surface area contributed by atoms with Crippen LogP contribution >= 0.6 is 39.9 Å². The smallest absolute Gasteiger partial charge is 0.191 e. The van der Waals surface area contributed by atoms with E-state index < -0.39 is 0 Å². The van der Waals surface area contributed by atoms with E-state index in [1.807, 2.05) is 28.9 Å². The molecule has 7 heteroatoms. The molecule has 0 unspecified atom stereocenters. The van der Waals surface area contributed by atoms with Gasteiger partial charge in [0.05, 0.1) is 12.2 Å². The van der Waals surface area contributed by atoms with Crippen LogP contribution in [0.2, 0.25) is 0 Å². The first-order valence-corrected chi connectivity index (χ1v) is 8.10. The van der Waals surface area contributed by atoms with Crippen LogP contribution in [0.1, 0.15) is 31.9 Å². The van der Waals surface area contributed by atoms with Crippen molar-refractivity contribution < 1.29 is 0 Å². The lowest BCUT2D eigenvalue weighted by atomic mass is 10.2. The fourth-order valence-corrected chi connectivity index (χ4v) is 2.43. The molecule has 0 radical (unpaired) electrons. The maximum absolute atomic E-state index is 4.57. The highest BCUT2D eigenvalue weighted by Crippen LogP contribution is 2.12. The Labute approximate surface area is 157 Å². The van der Waals surface area contributed by atoms with E-state index in [0.717, 1.165) is 28.3 Å². The number of hydrogen-bond donors (Lipinski definition) is 2. The highest BCUT2D eigenvalue weighted by atomic mass is 127. The number of fused-ring (bicyclic) bond motifs is 1. The summed E-state index contributed by atoms with van der Waals surface area (Å²) in [5.74, 6) is 0.823. The Morgan fingerprint density at radius 3 is 2.82 bits per heavy atom. The average Bonchev–Trinajstić information content (AvgIpc) is 2.88. The summed E-state index contributed by atoms with van der Waals surface area (Å²) in [4.78, 5) is 8.79. The van der Waals surface area contributed by atoms with Crippen LogP contribution in [0.5, 0.6) is 0 Å². The molecule has 0 aromatic carbocycles. The normalized spacial score (nSPS) is 11.3. The van der Waals surface area contributed by atoms with E-state index in [9.17, 15) is 0 Å². The number of nitrogens with one attached hydrogen (secondary N) is 2. The molecule has 0 atom stereocenters. The number of unbranched alkanes of at least 4 members (excludes halogenated alkanes) is 2. The standard InChI is InChI=1S/C15H22BrN5.HI/c1-3-4-5-8-18-15(17-2)19-9-13-11-21-10-12(16)6-7-14(21)20-13;/h6-7,10-11H,3-5,8-9H2,1-2H3,(H2,17,18,19);1H. The van der Waals surface area contributed by atoms with E-state index in [1.54, 1.807) is 7.05 Å². The number of halogens is 2. The molecule has 0 aliphatic rings. The lowest BCUT2D eigenvalue weighted by Crippen LogP contribution is -2.37. The van der Waals surface area contributed by atoms with Crippen LogP contribution in [0, 0.1) is 0 Å². The van der Waals surface area contributed by atoms with Crippen LogP contribution in [-0.4, -0.2) is 28.9 Å². The maximum Gasteiger partial charge on any atom is 0.191 e. The quantitative estimate of drug-likeness (QED) is 0.288. The maximum atomic E-state index is 4.57. The largest absolute Gasteiger partial charge is 0.356 e. The molecule has 2 rings (SSSR count). The van der Waals surface area contributed by atoms with E-state index >= 15 is 0 Å². The lowest BCUT2D eigenvalue weighted by molar-refractivity contribution is 0.682. The van der Waals surface area contributed by atoms with E-state index in [0.29, 0.717) is 6.54 Å². The molecule has 122 valence electrons. The minimum Gasteiger partial charge on any atom is -0.356 e. The van der Waals surface area contributed by atoms with E-state index in [4.69, 9.17) is 0 Å². The van der Waals surface area contributed by atoms with Gasteiger partial charge in [-0.25, -0.2) is 4.98 Å². The van der Waals surface area contributed by atoms with Gasteiger partial charge in [-0.3, -0.25) is 4.99 Å². The van der Waals surface area contributed by atoms with Crippen molar-refractivity contribution in [2.75, 3.05) is 13.6 Å². The van der Waals surface area contributed by atoms with Crippen LogP contribution in [0.15, 0.2) is 34.0 Å². The van der Waals surface area contributed by atoms with Crippen LogP contribution < -0.4 is 10.6 Å². The van der Waals surface area contributed by atoms with Crippen molar-refractivity contribution in [3.63, 3.8) is 0 Å². The Morgan fingerprint density at radius 1 is 1.27 bits per heavy atom. The van der Waals surface area contributed by atoms with Crippen LogP contribution in [0.25, 0.3) is 5.65 Å². The van der Waals surface area contributed by atoms with Gasteiger partial charge in [-0.1, -0.05) is 19.8 Å². The van der Waals surface area contributed by atoms with Gasteiger partial charge in [-0.2, -0.15) is 0 Å². The van der Waals surface area contributed by atoms with Crippen molar-refractivity contribution in [1.82, 2.24) is 20.0 Å². The number of nitrogens with zero attached hydrogens (tertiary/aromatic N) is 3. The van der Waals surface area contributed by atoms with Crippen LogP contribution in [-0.2, 0) is 6.54 Å². The topological polar surface area (TPSA) is 53.7 Å². The molecule has 5 nitrogen and oxygen atoms in total. The molecule has 22 heavy (non-hydrogen) atoms. The Bertz CT molecular complexity index is 611. The highest BCUT2D eigenvalue weighted by molar-refractivity contribution is 14.0. The predicted octanol–water partition coefficient (Wildman–Crippen LogP) is 3.57. The van der Waals surface area contributed by atoms with Gasteiger partial charge in [-0.05, 0) is 34.5 Å². The molecular weight excluding hydrogens is 457 g/mol. The predicted molar refractivity (Wildman–Crippen MR) is 106 cm³/mol.